The average molecular weight is 302 g/mol. The molecule has 0 fully saturated rings. The van der Waals surface area contributed by atoms with Crippen molar-refractivity contribution in [1.82, 2.24) is 4.72 Å². The predicted molar refractivity (Wildman–Crippen MR) is 78.1 cm³/mol. The van der Waals surface area contributed by atoms with Crippen LogP contribution in [0.25, 0.3) is 0 Å². The molecule has 7 heteroatoms. The number of aliphatic hydroxyl groups is 1. The van der Waals surface area contributed by atoms with Crippen molar-refractivity contribution >= 4 is 15.7 Å². The smallest absolute Gasteiger partial charge is 0.244 e. The van der Waals surface area contributed by atoms with Gasteiger partial charge in [-0.15, -0.1) is 0 Å². The third-order valence-electron chi connectivity index (χ3n) is 3.01. The molecular weight excluding hydrogens is 280 g/mol. The van der Waals surface area contributed by atoms with Gasteiger partial charge in [0.2, 0.25) is 10.0 Å². The highest BCUT2D eigenvalue weighted by Gasteiger charge is 2.24. The molecule has 0 amide bonds. The lowest BCUT2D eigenvalue weighted by Crippen LogP contribution is -2.34. The monoisotopic (exact) mass is 302 g/mol. The van der Waals surface area contributed by atoms with Gasteiger partial charge in [0.1, 0.15) is 10.6 Å². The van der Waals surface area contributed by atoms with E-state index in [-0.39, 0.29) is 29.2 Å². The molecule has 0 radical (unpaired) electrons. The van der Waals surface area contributed by atoms with Crippen LogP contribution in [0.3, 0.4) is 0 Å². The third-order valence-corrected chi connectivity index (χ3v) is 4.43. The first-order valence-electron chi connectivity index (χ1n) is 6.26. The first-order chi connectivity index (χ1) is 9.22. The Morgan fingerprint density at radius 3 is 2.60 bits per heavy atom. The molecule has 1 rings (SSSR count). The Balaban J connectivity index is 2.97. The summed E-state index contributed by atoms with van der Waals surface area (Å²) in [7, 11) is -2.31. The van der Waals surface area contributed by atoms with Gasteiger partial charge >= 0.3 is 0 Å². The molecule has 0 bridgehead atoms. The summed E-state index contributed by atoms with van der Waals surface area (Å²) in [5.74, 6) is 0.242. The first kappa shape index (κ1) is 16.7. The second kappa shape index (κ2) is 6.43. The van der Waals surface area contributed by atoms with Crippen molar-refractivity contribution in [1.29, 1.82) is 0 Å². The fourth-order valence-corrected chi connectivity index (χ4v) is 3.11. The van der Waals surface area contributed by atoms with Gasteiger partial charge in [-0.3, -0.25) is 0 Å². The maximum absolute atomic E-state index is 12.3. The van der Waals surface area contributed by atoms with Crippen molar-refractivity contribution in [3.8, 4) is 5.75 Å². The molecule has 0 heterocycles. The van der Waals surface area contributed by atoms with Crippen molar-refractivity contribution in [3.05, 3.63) is 18.2 Å². The van der Waals surface area contributed by atoms with Crippen LogP contribution in [0.4, 0.5) is 5.69 Å². The molecule has 0 aliphatic rings. The summed E-state index contributed by atoms with van der Waals surface area (Å²) < 4.78 is 32.2. The lowest BCUT2D eigenvalue weighted by Gasteiger charge is -2.24. The van der Waals surface area contributed by atoms with Crippen LogP contribution in [0.2, 0.25) is 0 Å². The summed E-state index contributed by atoms with van der Waals surface area (Å²) in [4.78, 5) is 0.0137. The predicted octanol–water partition coefficient (Wildman–Crippen LogP) is 0.964. The number of nitrogens with two attached hydrogens (primary N) is 1. The highest BCUT2D eigenvalue weighted by molar-refractivity contribution is 7.89. The minimum absolute atomic E-state index is 0.0103. The molecule has 0 aromatic heterocycles. The topological polar surface area (TPSA) is 102 Å². The lowest BCUT2D eigenvalue weighted by atomic mass is 9.90. The normalized spacial score (nSPS) is 12.4. The van der Waals surface area contributed by atoms with E-state index in [2.05, 4.69) is 4.72 Å². The Labute approximate surface area is 120 Å². The number of hydrogen-bond donors (Lipinski definition) is 3. The Bertz CT molecular complexity index is 555. The van der Waals surface area contributed by atoms with Gasteiger partial charge in [-0.25, -0.2) is 13.1 Å². The molecule has 0 saturated heterocycles. The molecule has 0 atom stereocenters. The van der Waals surface area contributed by atoms with Crippen LogP contribution < -0.4 is 15.2 Å². The van der Waals surface area contributed by atoms with Crippen LogP contribution >= 0.6 is 0 Å². The largest absolute Gasteiger partial charge is 0.495 e. The summed E-state index contributed by atoms with van der Waals surface area (Å²) in [6.45, 7) is 3.98. The van der Waals surface area contributed by atoms with Crippen molar-refractivity contribution in [3.63, 3.8) is 0 Å². The molecule has 0 saturated carbocycles. The SMILES string of the molecule is COc1ccc(N)cc1S(=O)(=O)NCC(C)(C)CCO. The van der Waals surface area contributed by atoms with E-state index < -0.39 is 10.0 Å². The van der Waals surface area contributed by atoms with Crippen LogP contribution in [0, 0.1) is 5.41 Å². The number of nitrogen functional groups attached to an aromatic ring is 1. The van der Waals surface area contributed by atoms with Crippen LogP contribution in [0.5, 0.6) is 5.75 Å². The van der Waals surface area contributed by atoms with Crippen LogP contribution in [-0.4, -0.2) is 33.8 Å². The summed E-state index contributed by atoms with van der Waals surface area (Å²) in [6.07, 6.45) is 0.504. The molecule has 6 nitrogen and oxygen atoms in total. The second-order valence-electron chi connectivity index (χ2n) is 5.37. The summed E-state index contributed by atoms with van der Waals surface area (Å²) in [5.41, 5.74) is 5.64. The number of methoxy groups -OCH3 is 1. The van der Waals surface area contributed by atoms with Gasteiger partial charge in [-0.05, 0) is 30.0 Å². The van der Waals surface area contributed by atoms with Gasteiger partial charge < -0.3 is 15.6 Å². The summed E-state index contributed by atoms with van der Waals surface area (Å²) >= 11 is 0. The minimum Gasteiger partial charge on any atom is -0.495 e. The third kappa shape index (κ3) is 4.36. The fourth-order valence-electron chi connectivity index (χ4n) is 1.66. The summed E-state index contributed by atoms with van der Waals surface area (Å²) in [5, 5.41) is 8.95. The van der Waals surface area contributed by atoms with E-state index in [1.165, 1.54) is 19.2 Å². The van der Waals surface area contributed by atoms with E-state index in [1.807, 2.05) is 13.8 Å². The second-order valence-corrected chi connectivity index (χ2v) is 7.11. The highest BCUT2D eigenvalue weighted by atomic mass is 32.2. The van der Waals surface area contributed by atoms with E-state index in [9.17, 15) is 8.42 Å². The zero-order valence-electron chi connectivity index (χ0n) is 12.0. The number of anilines is 1. The molecule has 0 spiro atoms. The Morgan fingerprint density at radius 2 is 2.05 bits per heavy atom. The molecule has 1 aromatic rings. The number of aliphatic hydroxyl groups excluding tert-OH is 1. The number of sulfonamides is 1. The Kier molecular flexibility index (Phi) is 5.38. The molecular formula is C13H22N2O4S. The van der Waals surface area contributed by atoms with Gasteiger partial charge in [-0.2, -0.15) is 0 Å². The maximum atomic E-state index is 12.3. The van der Waals surface area contributed by atoms with Gasteiger partial charge in [0.25, 0.3) is 0 Å². The Morgan fingerprint density at radius 1 is 1.40 bits per heavy atom. The van der Waals surface area contributed by atoms with Crippen LogP contribution in [0.15, 0.2) is 23.1 Å². The molecule has 0 aliphatic heterocycles. The van der Waals surface area contributed by atoms with E-state index in [0.29, 0.717) is 12.1 Å². The van der Waals surface area contributed by atoms with Crippen LogP contribution in [-0.2, 0) is 10.0 Å². The van der Waals surface area contributed by atoms with Crippen molar-refractivity contribution < 1.29 is 18.3 Å². The standard InChI is InChI=1S/C13H22N2O4S/c1-13(2,6-7-16)9-15-20(17,18)12-8-10(14)4-5-11(12)19-3/h4-5,8,15-16H,6-7,9,14H2,1-3H3. The van der Waals surface area contributed by atoms with E-state index in [4.69, 9.17) is 15.6 Å². The van der Waals surface area contributed by atoms with Crippen LogP contribution in [0.1, 0.15) is 20.3 Å². The van der Waals surface area contributed by atoms with E-state index >= 15 is 0 Å². The molecule has 0 aliphatic carbocycles. The molecule has 20 heavy (non-hydrogen) atoms. The molecule has 4 N–H and O–H groups in total. The van der Waals surface area contributed by atoms with Gasteiger partial charge in [0, 0.05) is 18.8 Å². The van der Waals surface area contributed by atoms with E-state index in [1.54, 1.807) is 6.07 Å². The van der Waals surface area contributed by atoms with Crippen molar-refractivity contribution in [2.75, 3.05) is 26.0 Å². The van der Waals surface area contributed by atoms with Crippen molar-refractivity contribution in [2.45, 2.75) is 25.2 Å². The maximum Gasteiger partial charge on any atom is 0.244 e. The number of nitrogens with one attached hydrogen (secondary N) is 1. The summed E-state index contributed by atoms with van der Waals surface area (Å²) in [6, 6.07) is 4.45. The van der Waals surface area contributed by atoms with Gasteiger partial charge in [-0.1, -0.05) is 13.8 Å². The number of hydrogen-bond acceptors (Lipinski definition) is 5. The zero-order valence-corrected chi connectivity index (χ0v) is 12.8. The first-order valence-corrected chi connectivity index (χ1v) is 7.74. The van der Waals surface area contributed by atoms with E-state index in [0.717, 1.165) is 0 Å². The van der Waals surface area contributed by atoms with Crippen molar-refractivity contribution in [2.24, 2.45) is 5.41 Å². The number of ether oxygens (including phenoxy) is 1. The molecule has 114 valence electrons. The zero-order chi connectivity index (χ0) is 15.4. The van der Waals surface area contributed by atoms with Gasteiger partial charge in [0.15, 0.2) is 0 Å². The average Bonchev–Trinajstić information content (AvgIpc) is 2.37. The fraction of sp³-hybridized carbons (Fsp3) is 0.538. The number of rotatable bonds is 7. The molecule has 0 unspecified atom stereocenters. The Hall–Kier alpha value is -1.31. The lowest BCUT2D eigenvalue weighted by molar-refractivity contribution is 0.213. The quantitative estimate of drug-likeness (QED) is 0.651. The van der Waals surface area contributed by atoms with Gasteiger partial charge in [0.05, 0.1) is 7.11 Å². The highest BCUT2D eigenvalue weighted by Crippen LogP contribution is 2.26. The number of benzene rings is 1. The minimum atomic E-state index is -3.71. The molecule has 1 aromatic carbocycles.